The van der Waals surface area contributed by atoms with Crippen molar-refractivity contribution >= 4 is 33.5 Å². The zero-order chi connectivity index (χ0) is 18.1. The maximum absolute atomic E-state index is 12.1. The van der Waals surface area contributed by atoms with E-state index >= 15 is 0 Å². The van der Waals surface area contributed by atoms with E-state index in [4.69, 9.17) is 4.74 Å². The number of nitrogens with zero attached hydrogens (tertiary/aromatic N) is 1. The summed E-state index contributed by atoms with van der Waals surface area (Å²) in [5.74, 6) is -0.381. The maximum Gasteiger partial charge on any atom is 0.338 e. The summed E-state index contributed by atoms with van der Waals surface area (Å²) < 4.78 is 5.79. The van der Waals surface area contributed by atoms with Crippen LogP contribution in [-0.2, 0) is 16.1 Å². The van der Waals surface area contributed by atoms with Gasteiger partial charge in [0.15, 0.2) is 0 Å². The number of rotatable bonds is 9. The predicted molar refractivity (Wildman–Crippen MR) is 100 cm³/mol. The van der Waals surface area contributed by atoms with Crippen molar-refractivity contribution in [2.75, 3.05) is 25.0 Å². The summed E-state index contributed by atoms with van der Waals surface area (Å²) in [5.41, 5.74) is 2.12. The Morgan fingerprint density at radius 1 is 1.17 bits per heavy atom. The van der Waals surface area contributed by atoms with Crippen molar-refractivity contribution in [1.29, 1.82) is 0 Å². The van der Waals surface area contributed by atoms with Crippen molar-refractivity contribution < 1.29 is 14.3 Å². The Balaban J connectivity index is 3.23. The minimum Gasteiger partial charge on any atom is -0.462 e. The first-order valence-corrected chi connectivity index (χ1v) is 9.27. The first kappa shape index (κ1) is 20.6. The smallest absolute Gasteiger partial charge is 0.338 e. The largest absolute Gasteiger partial charge is 0.462 e. The van der Waals surface area contributed by atoms with Crippen molar-refractivity contribution in [2.24, 2.45) is 0 Å². The summed E-state index contributed by atoms with van der Waals surface area (Å²) in [6, 6.07) is 3.51. The Morgan fingerprint density at radius 3 is 2.38 bits per heavy atom. The molecule has 0 fully saturated rings. The molecule has 6 heteroatoms. The molecule has 1 aromatic carbocycles. The highest BCUT2D eigenvalue weighted by Gasteiger charge is 2.17. The molecule has 0 bridgehead atoms. The van der Waals surface area contributed by atoms with Crippen LogP contribution in [0.15, 0.2) is 16.6 Å². The van der Waals surface area contributed by atoms with Crippen LogP contribution in [-0.4, -0.2) is 36.5 Å². The first-order valence-electron chi connectivity index (χ1n) is 8.48. The SMILES string of the molecule is CCCC(=O)Nc1c(Br)cc(C(=O)OCC)cc1CN(CC)CC. The van der Waals surface area contributed by atoms with Crippen LogP contribution in [0.1, 0.15) is 56.5 Å². The van der Waals surface area contributed by atoms with Crippen molar-refractivity contribution in [2.45, 2.75) is 47.1 Å². The molecule has 0 saturated heterocycles. The summed E-state index contributed by atoms with van der Waals surface area (Å²) in [7, 11) is 0. The highest BCUT2D eigenvalue weighted by Crippen LogP contribution is 2.30. The van der Waals surface area contributed by atoms with Crippen LogP contribution in [0.25, 0.3) is 0 Å². The van der Waals surface area contributed by atoms with Gasteiger partial charge >= 0.3 is 5.97 Å². The highest BCUT2D eigenvalue weighted by molar-refractivity contribution is 9.10. The van der Waals surface area contributed by atoms with E-state index in [-0.39, 0.29) is 11.9 Å². The van der Waals surface area contributed by atoms with Gasteiger partial charge in [-0.05, 0) is 60.1 Å². The standard InChI is InChI=1S/C18H27BrN2O3/c1-5-9-16(22)20-17-14(12-21(6-2)7-3)10-13(11-15(17)19)18(23)24-8-4/h10-11H,5-9,12H2,1-4H3,(H,20,22). The average molecular weight is 399 g/mol. The Labute approximate surface area is 152 Å². The third kappa shape index (κ3) is 5.91. The molecule has 0 aliphatic heterocycles. The third-order valence-electron chi connectivity index (χ3n) is 3.71. The number of halogens is 1. The number of anilines is 1. The lowest BCUT2D eigenvalue weighted by Gasteiger charge is -2.22. The lowest BCUT2D eigenvalue weighted by atomic mass is 10.1. The predicted octanol–water partition coefficient (Wildman–Crippen LogP) is 4.21. The van der Waals surface area contributed by atoms with Crippen LogP contribution < -0.4 is 5.32 Å². The maximum atomic E-state index is 12.1. The lowest BCUT2D eigenvalue weighted by Crippen LogP contribution is -2.24. The van der Waals surface area contributed by atoms with Gasteiger partial charge in [-0.25, -0.2) is 4.79 Å². The molecular formula is C18H27BrN2O3. The Morgan fingerprint density at radius 2 is 1.83 bits per heavy atom. The summed E-state index contributed by atoms with van der Waals surface area (Å²) in [6.07, 6.45) is 1.26. The zero-order valence-corrected chi connectivity index (χ0v) is 16.5. The first-order chi connectivity index (χ1) is 11.5. The fourth-order valence-electron chi connectivity index (χ4n) is 2.38. The molecule has 0 unspecified atom stereocenters. The van der Waals surface area contributed by atoms with Crippen molar-refractivity contribution in [1.82, 2.24) is 4.90 Å². The number of esters is 1. The molecule has 1 amide bonds. The van der Waals surface area contributed by atoms with Crippen LogP contribution in [0.2, 0.25) is 0 Å². The average Bonchev–Trinajstić information content (AvgIpc) is 2.55. The van der Waals surface area contributed by atoms with Gasteiger partial charge in [0, 0.05) is 17.4 Å². The number of ether oxygens (including phenoxy) is 1. The molecule has 134 valence electrons. The Kier molecular flexibility index (Phi) is 9.00. The van der Waals surface area contributed by atoms with Gasteiger partial charge in [-0.1, -0.05) is 20.8 Å². The number of benzene rings is 1. The van der Waals surface area contributed by atoms with E-state index < -0.39 is 0 Å². The van der Waals surface area contributed by atoms with Gasteiger partial charge in [-0.15, -0.1) is 0 Å². The summed E-state index contributed by atoms with van der Waals surface area (Å²) >= 11 is 3.49. The molecule has 24 heavy (non-hydrogen) atoms. The van der Waals surface area contributed by atoms with Crippen molar-refractivity contribution in [3.05, 3.63) is 27.7 Å². The van der Waals surface area contributed by atoms with Crippen LogP contribution >= 0.6 is 15.9 Å². The fraction of sp³-hybridized carbons (Fsp3) is 0.556. The summed E-state index contributed by atoms with van der Waals surface area (Å²) in [5, 5.41) is 2.97. The van der Waals surface area contributed by atoms with Crippen LogP contribution in [0.4, 0.5) is 5.69 Å². The van der Waals surface area contributed by atoms with E-state index in [9.17, 15) is 9.59 Å². The van der Waals surface area contributed by atoms with Gasteiger partial charge in [-0.3, -0.25) is 9.69 Å². The molecule has 0 spiro atoms. The topological polar surface area (TPSA) is 58.6 Å². The molecule has 0 saturated carbocycles. The molecular weight excluding hydrogens is 372 g/mol. The van der Waals surface area contributed by atoms with Gasteiger partial charge in [0.25, 0.3) is 0 Å². The van der Waals surface area contributed by atoms with Crippen LogP contribution in [0.3, 0.4) is 0 Å². The molecule has 0 heterocycles. The van der Waals surface area contributed by atoms with Crippen LogP contribution in [0, 0.1) is 0 Å². The number of carbonyl (C=O) groups excluding carboxylic acids is 2. The monoisotopic (exact) mass is 398 g/mol. The van der Waals surface area contributed by atoms with Gasteiger partial charge < -0.3 is 10.1 Å². The molecule has 0 atom stereocenters. The number of carbonyl (C=O) groups is 2. The van der Waals surface area contributed by atoms with Gasteiger partial charge in [0.1, 0.15) is 0 Å². The second-order valence-electron chi connectivity index (χ2n) is 5.47. The normalized spacial score (nSPS) is 10.8. The van der Waals surface area contributed by atoms with Gasteiger partial charge in [-0.2, -0.15) is 0 Å². The molecule has 0 aliphatic carbocycles. The molecule has 1 rings (SSSR count). The van der Waals surface area contributed by atoms with Crippen molar-refractivity contribution in [3.63, 3.8) is 0 Å². The molecule has 0 radical (unpaired) electrons. The second-order valence-corrected chi connectivity index (χ2v) is 6.33. The van der Waals surface area contributed by atoms with Crippen LogP contribution in [0.5, 0.6) is 0 Å². The van der Waals surface area contributed by atoms with Gasteiger partial charge in [0.2, 0.25) is 5.91 Å². The van der Waals surface area contributed by atoms with E-state index in [1.807, 2.05) is 13.0 Å². The second kappa shape index (κ2) is 10.5. The molecule has 0 aromatic heterocycles. The van der Waals surface area contributed by atoms with E-state index in [0.29, 0.717) is 29.6 Å². The van der Waals surface area contributed by atoms with E-state index in [1.165, 1.54) is 0 Å². The quantitative estimate of drug-likeness (QED) is 0.632. The molecule has 5 nitrogen and oxygen atoms in total. The van der Waals surface area contributed by atoms with E-state index in [1.54, 1.807) is 13.0 Å². The number of amides is 1. The number of hydrogen-bond acceptors (Lipinski definition) is 4. The summed E-state index contributed by atoms with van der Waals surface area (Å²) in [4.78, 5) is 26.3. The minimum absolute atomic E-state index is 0.0251. The summed E-state index contributed by atoms with van der Waals surface area (Å²) in [6.45, 7) is 10.7. The lowest BCUT2D eigenvalue weighted by molar-refractivity contribution is -0.116. The van der Waals surface area contributed by atoms with Gasteiger partial charge in [0.05, 0.1) is 17.9 Å². The number of nitrogens with one attached hydrogen (secondary N) is 1. The molecule has 1 N–H and O–H groups in total. The molecule has 0 aliphatic rings. The van der Waals surface area contributed by atoms with E-state index in [2.05, 4.69) is 40.0 Å². The van der Waals surface area contributed by atoms with Crippen molar-refractivity contribution in [3.8, 4) is 0 Å². The Hall–Kier alpha value is -1.40. The van der Waals surface area contributed by atoms with E-state index in [0.717, 1.165) is 30.8 Å². The highest BCUT2D eigenvalue weighted by atomic mass is 79.9. The Bertz CT molecular complexity index is 572. The molecule has 1 aromatic rings. The number of hydrogen-bond donors (Lipinski definition) is 1. The zero-order valence-electron chi connectivity index (χ0n) is 14.9. The fourth-order valence-corrected chi connectivity index (χ4v) is 2.98. The minimum atomic E-state index is -0.356. The third-order valence-corrected chi connectivity index (χ3v) is 4.34.